The standard InChI is InChI=1S/C22H25N3O7/c1-10(26)15-17-12-7-5-9-14(16(12)18(20(28)29)25(17)19(15)27)24-22(31)23-13-8-4-3-6-11(13)21(30)32-2/h3-4,6,8,10,12,14-15,17,26H,5,7,9H2,1-2H3,(H,28,29)(H2,23,24,31)/t10?,12-,14-,15+,17+/m0/s1. The monoisotopic (exact) mass is 443 g/mol. The molecule has 0 radical (unpaired) electrons. The fourth-order valence-corrected chi connectivity index (χ4v) is 5.23. The molecule has 4 N–H and O–H groups in total. The van der Waals surface area contributed by atoms with Crippen LogP contribution < -0.4 is 10.6 Å². The van der Waals surface area contributed by atoms with Crippen molar-refractivity contribution < 1.29 is 34.1 Å². The van der Waals surface area contributed by atoms with Crippen LogP contribution in [0.2, 0.25) is 0 Å². The third-order valence-corrected chi connectivity index (χ3v) is 6.51. The zero-order chi connectivity index (χ0) is 23.2. The van der Waals surface area contributed by atoms with Gasteiger partial charge in [0.15, 0.2) is 0 Å². The summed E-state index contributed by atoms with van der Waals surface area (Å²) in [5.74, 6) is -3.11. The molecule has 0 bridgehead atoms. The third-order valence-electron chi connectivity index (χ3n) is 6.51. The quantitative estimate of drug-likeness (QED) is 0.397. The molecule has 10 nitrogen and oxygen atoms in total. The Morgan fingerprint density at radius 2 is 1.94 bits per heavy atom. The van der Waals surface area contributed by atoms with Crippen molar-refractivity contribution >= 4 is 29.6 Å². The number of nitrogens with one attached hydrogen (secondary N) is 2. The van der Waals surface area contributed by atoms with Crippen LogP contribution in [0.15, 0.2) is 35.5 Å². The number of methoxy groups -OCH3 is 1. The Morgan fingerprint density at radius 3 is 2.59 bits per heavy atom. The largest absolute Gasteiger partial charge is 0.477 e. The first-order valence-electron chi connectivity index (χ1n) is 10.5. The molecule has 4 rings (SSSR count). The van der Waals surface area contributed by atoms with E-state index in [0.717, 1.165) is 6.42 Å². The van der Waals surface area contributed by atoms with Gasteiger partial charge in [0.05, 0.1) is 42.5 Å². The maximum absolute atomic E-state index is 12.8. The van der Waals surface area contributed by atoms with Crippen LogP contribution in [0.5, 0.6) is 0 Å². The van der Waals surface area contributed by atoms with E-state index in [2.05, 4.69) is 10.6 Å². The number of carboxylic acids is 1. The van der Waals surface area contributed by atoms with Gasteiger partial charge in [-0.15, -0.1) is 0 Å². The predicted molar refractivity (Wildman–Crippen MR) is 112 cm³/mol. The number of hydrogen-bond acceptors (Lipinski definition) is 6. The molecule has 3 aliphatic rings. The van der Waals surface area contributed by atoms with Crippen LogP contribution in [0.25, 0.3) is 0 Å². The summed E-state index contributed by atoms with van der Waals surface area (Å²) in [4.78, 5) is 50.6. The maximum Gasteiger partial charge on any atom is 0.352 e. The SMILES string of the molecule is COC(=O)c1ccccc1NC(=O)N[C@H]1CCC[C@H]2C1=C(C(=O)O)N1C(=O)[C@H](C(C)O)[C@@H]21. The summed E-state index contributed by atoms with van der Waals surface area (Å²) in [6, 6.07) is 4.79. The van der Waals surface area contributed by atoms with Gasteiger partial charge in [-0.05, 0) is 37.5 Å². The van der Waals surface area contributed by atoms with E-state index in [1.165, 1.54) is 25.0 Å². The number of urea groups is 1. The van der Waals surface area contributed by atoms with Gasteiger partial charge < -0.3 is 30.5 Å². The van der Waals surface area contributed by atoms with E-state index >= 15 is 0 Å². The molecule has 2 heterocycles. The highest BCUT2D eigenvalue weighted by Crippen LogP contribution is 2.52. The lowest BCUT2D eigenvalue weighted by molar-refractivity contribution is -0.163. The molecule has 1 saturated carbocycles. The minimum atomic E-state index is -1.23. The summed E-state index contributed by atoms with van der Waals surface area (Å²) in [6.07, 6.45) is 1.04. The minimum Gasteiger partial charge on any atom is -0.477 e. The van der Waals surface area contributed by atoms with Crippen LogP contribution in [0, 0.1) is 11.8 Å². The molecule has 0 aromatic heterocycles. The van der Waals surface area contributed by atoms with E-state index in [1.54, 1.807) is 18.2 Å². The first kappa shape index (κ1) is 21.8. The summed E-state index contributed by atoms with van der Waals surface area (Å²) in [5, 5.41) is 25.3. The van der Waals surface area contributed by atoms with Crippen molar-refractivity contribution in [2.45, 2.75) is 44.4 Å². The lowest BCUT2D eigenvalue weighted by Crippen LogP contribution is -2.64. The van der Waals surface area contributed by atoms with Crippen molar-refractivity contribution in [1.82, 2.24) is 10.2 Å². The number of aliphatic hydroxyl groups is 1. The minimum absolute atomic E-state index is 0.0955. The number of β-lactam (4-membered cyclic amide) rings is 1. The molecule has 170 valence electrons. The molecule has 5 atom stereocenters. The molecule has 2 fully saturated rings. The van der Waals surface area contributed by atoms with Crippen LogP contribution in [-0.4, -0.2) is 64.3 Å². The summed E-state index contributed by atoms with van der Waals surface area (Å²) >= 11 is 0. The van der Waals surface area contributed by atoms with Gasteiger partial charge in [0.1, 0.15) is 5.70 Å². The number of rotatable bonds is 5. The van der Waals surface area contributed by atoms with Gasteiger partial charge in [0, 0.05) is 5.92 Å². The Hall–Kier alpha value is -3.40. The van der Waals surface area contributed by atoms with E-state index < -0.39 is 48.0 Å². The summed E-state index contributed by atoms with van der Waals surface area (Å²) in [7, 11) is 1.24. The molecule has 1 saturated heterocycles. The maximum atomic E-state index is 12.8. The lowest BCUT2D eigenvalue weighted by atomic mass is 9.71. The molecule has 2 aliphatic heterocycles. The summed E-state index contributed by atoms with van der Waals surface area (Å²) in [5.41, 5.74) is 0.868. The van der Waals surface area contributed by atoms with Crippen LogP contribution in [0.3, 0.4) is 0 Å². The number of carbonyl (C=O) groups excluding carboxylic acids is 3. The first-order valence-corrected chi connectivity index (χ1v) is 10.5. The smallest absolute Gasteiger partial charge is 0.352 e. The topological polar surface area (TPSA) is 145 Å². The van der Waals surface area contributed by atoms with E-state index in [9.17, 15) is 29.4 Å². The van der Waals surface area contributed by atoms with Crippen molar-refractivity contribution in [2.75, 3.05) is 12.4 Å². The van der Waals surface area contributed by atoms with Gasteiger partial charge in [-0.2, -0.15) is 0 Å². The molecule has 32 heavy (non-hydrogen) atoms. The van der Waals surface area contributed by atoms with Gasteiger partial charge in [-0.3, -0.25) is 4.79 Å². The molecule has 1 aromatic carbocycles. The summed E-state index contributed by atoms with van der Waals surface area (Å²) < 4.78 is 4.73. The van der Waals surface area contributed by atoms with Crippen molar-refractivity contribution in [3.8, 4) is 0 Å². The number of aliphatic hydroxyl groups excluding tert-OH is 1. The average Bonchev–Trinajstić information content (AvgIpc) is 3.05. The highest BCUT2D eigenvalue weighted by atomic mass is 16.5. The second-order valence-corrected chi connectivity index (χ2v) is 8.30. The second kappa shape index (κ2) is 8.27. The predicted octanol–water partition coefficient (Wildman–Crippen LogP) is 1.32. The van der Waals surface area contributed by atoms with E-state index in [-0.39, 0.29) is 22.9 Å². The average molecular weight is 443 g/mol. The Morgan fingerprint density at radius 1 is 1.22 bits per heavy atom. The molecule has 0 spiro atoms. The number of nitrogens with zero attached hydrogens (tertiary/aromatic N) is 1. The fraction of sp³-hybridized carbons (Fsp3) is 0.455. The summed E-state index contributed by atoms with van der Waals surface area (Å²) in [6.45, 7) is 1.53. The molecule has 1 unspecified atom stereocenters. The van der Waals surface area contributed by atoms with Gasteiger partial charge in [0.2, 0.25) is 5.91 Å². The van der Waals surface area contributed by atoms with Crippen molar-refractivity contribution in [3.05, 3.63) is 41.1 Å². The van der Waals surface area contributed by atoms with Crippen molar-refractivity contribution in [2.24, 2.45) is 11.8 Å². The number of aliphatic carboxylic acids is 1. The van der Waals surface area contributed by atoms with Crippen LogP contribution in [0.4, 0.5) is 10.5 Å². The Labute approximate surface area is 184 Å². The lowest BCUT2D eigenvalue weighted by Gasteiger charge is -2.47. The van der Waals surface area contributed by atoms with Crippen LogP contribution in [-0.2, 0) is 14.3 Å². The number of carboxylic acid groups (broad SMARTS) is 1. The van der Waals surface area contributed by atoms with E-state index in [0.29, 0.717) is 18.4 Å². The number of esters is 1. The first-order chi connectivity index (χ1) is 15.3. The highest BCUT2D eigenvalue weighted by molar-refractivity contribution is 6.02. The second-order valence-electron chi connectivity index (χ2n) is 8.30. The molecular weight excluding hydrogens is 418 g/mol. The number of ether oxygens (including phenoxy) is 1. The molecule has 3 amide bonds. The van der Waals surface area contributed by atoms with Gasteiger partial charge in [-0.25, -0.2) is 14.4 Å². The third kappa shape index (κ3) is 3.40. The van der Waals surface area contributed by atoms with Gasteiger partial charge >= 0.3 is 18.0 Å². The van der Waals surface area contributed by atoms with E-state index in [1.807, 2.05) is 0 Å². The Kier molecular flexibility index (Phi) is 5.64. The number of hydrogen-bond donors (Lipinski definition) is 4. The molecule has 1 aliphatic carbocycles. The van der Waals surface area contributed by atoms with Gasteiger partial charge in [0.25, 0.3) is 0 Å². The highest BCUT2D eigenvalue weighted by Gasteiger charge is 2.62. The van der Waals surface area contributed by atoms with E-state index in [4.69, 9.17) is 4.74 Å². The number of amides is 3. The van der Waals surface area contributed by atoms with Crippen LogP contribution >= 0.6 is 0 Å². The Balaban J connectivity index is 1.58. The normalized spacial score (nSPS) is 27.1. The van der Waals surface area contributed by atoms with Crippen LogP contribution in [0.1, 0.15) is 36.5 Å². The molecule has 1 aromatic rings. The molecule has 10 heteroatoms. The number of fused-ring (bicyclic) bond motifs is 3. The molecular formula is C22H25N3O7. The van der Waals surface area contributed by atoms with Gasteiger partial charge in [-0.1, -0.05) is 18.6 Å². The zero-order valence-corrected chi connectivity index (χ0v) is 17.7. The fourth-order valence-electron chi connectivity index (χ4n) is 5.23. The van der Waals surface area contributed by atoms with Crippen molar-refractivity contribution in [3.63, 3.8) is 0 Å². The zero-order valence-electron chi connectivity index (χ0n) is 17.7. The Bertz CT molecular complexity index is 1020. The number of anilines is 1. The number of carbonyl (C=O) groups is 4. The number of para-hydroxylation sites is 1. The van der Waals surface area contributed by atoms with Crippen molar-refractivity contribution in [1.29, 1.82) is 0 Å². The number of benzene rings is 1.